The molecule has 0 bridgehead atoms. The first-order chi connectivity index (χ1) is 10.4. The minimum absolute atomic E-state index is 0.00375. The van der Waals surface area contributed by atoms with Gasteiger partial charge in [0.15, 0.2) is 0 Å². The highest BCUT2D eigenvalue weighted by Crippen LogP contribution is 2.36. The van der Waals surface area contributed by atoms with Crippen LogP contribution in [-0.4, -0.2) is 25.5 Å². The lowest BCUT2D eigenvalue weighted by atomic mass is 10.1. The van der Waals surface area contributed by atoms with E-state index in [1.54, 1.807) is 12.1 Å². The zero-order valence-electron chi connectivity index (χ0n) is 11.9. The van der Waals surface area contributed by atoms with Crippen LogP contribution in [0.25, 0.3) is 0 Å². The average molecular weight is 317 g/mol. The number of benzene rings is 2. The molecule has 3 rings (SSSR count). The summed E-state index contributed by atoms with van der Waals surface area (Å²) in [5.41, 5.74) is 1.60. The highest BCUT2D eigenvalue weighted by molar-refractivity contribution is 7.92. The lowest BCUT2D eigenvalue weighted by Crippen LogP contribution is -2.35. The van der Waals surface area contributed by atoms with Gasteiger partial charge < -0.3 is 5.11 Å². The van der Waals surface area contributed by atoms with Crippen LogP contribution in [0, 0.1) is 0 Å². The first-order valence-electron chi connectivity index (χ1n) is 6.87. The van der Waals surface area contributed by atoms with Crippen LogP contribution in [0.1, 0.15) is 22.8 Å². The van der Waals surface area contributed by atoms with E-state index in [4.69, 9.17) is 5.11 Å². The Morgan fingerprint density at radius 2 is 1.91 bits per heavy atom. The molecule has 0 aliphatic carbocycles. The molecule has 0 saturated carbocycles. The van der Waals surface area contributed by atoms with E-state index >= 15 is 0 Å². The molecule has 0 aromatic heterocycles. The number of carboxylic acids is 1. The van der Waals surface area contributed by atoms with E-state index in [2.05, 4.69) is 0 Å². The number of hydrogen-bond donors (Lipinski definition) is 1. The maximum atomic E-state index is 12.9. The van der Waals surface area contributed by atoms with Gasteiger partial charge in [-0.2, -0.15) is 0 Å². The number of sulfonamides is 1. The van der Waals surface area contributed by atoms with E-state index in [1.807, 2.05) is 19.1 Å². The molecule has 0 spiro atoms. The SMILES string of the molecule is CC1Cc2ccccc2N1S(=O)(=O)c1cccc(C(=O)O)c1. The molecule has 1 aliphatic heterocycles. The molecule has 6 heteroatoms. The van der Waals surface area contributed by atoms with Crippen LogP contribution in [0.4, 0.5) is 5.69 Å². The molecule has 0 radical (unpaired) electrons. The van der Waals surface area contributed by atoms with Gasteiger partial charge in [-0.15, -0.1) is 0 Å². The van der Waals surface area contributed by atoms with Crippen LogP contribution in [0.2, 0.25) is 0 Å². The number of anilines is 1. The summed E-state index contributed by atoms with van der Waals surface area (Å²) in [5, 5.41) is 9.04. The van der Waals surface area contributed by atoms with Crippen molar-refractivity contribution in [3.05, 3.63) is 59.7 Å². The second kappa shape index (κ2) is 5.14. The first-order valence-corrected chi connectivity index (χ1v) is 8.31. The molecule has 22 heavy (non-hydrogen) atoms. The molecule has 2 aromatic rings. The van der Waals surface area contributed by atoms with E-state index in [9.17, 15) is 13.2 Å². The molecule has 2 aromatic carbocycles. The molecule has 1 N–H and O–H groups in total. The Bertz CT molecular complexity index is 845. The second-order valence-electron chi connectivity index (χ2n) is 5.32. The maximum Gasteiger partial charge on any atom is 0.335 e. The third-order valence-corrected chi connectivity index (χ3v) is 5.71. The van der Waals surface area contributed by atoms with Crippen LogP contribution in [0.5, 0.6) is 0 Å². The molecule has 5 nitrogen and oxygen atoms in total. The molecule has 1 atom stereocenters. The number of rotatable bonds is 3. The fourth-order valence-electron chi connectivity index (χ4n) is 2.81. The van der Waals surface area contributed by atoms with Gasteiger partial charge in [0, 0.05) is 6.04 Å². The lowest BCUT2D eigenvalue weighted by molar-refractivity contribution is 0.0696. The van der Waals surface area contributed by atoms with Crippen molar-refractivity contribution in [2.45, 2.75) is 24.3 Å². The minimum Gasteiger partial charge on any atom is -0.478 e. The van der Waals surface area contributed by atoms with E-state index in [1.165, 1.54) is 28.6 Å². The predicted molar refractivity (Wildman–Crippen MR) is 82.7 cm³/mol. The van der Waals surface area contributed by atoms with Gasteiger partial charge in [-0.1, -0.05) is 24.3 Å². The maximum absolute atomic E-state index is 12.9. The number of nitrogens with zero attached hydrogens (tertiary/aromatic N) is 1. The normalized spacial score (nSPS) is 17.3. The van der Waals surface area contributed by atoms with Gasteiger partial charge in [0.1, 0.15) is 0 Å². The van der Waals surface area contributed by atoms with Crippen LogP contribution in [-0.2, 0) is 16.4 Å². The summed E-state index contributed by atoms with van der Waals surface area (Å²) in [5.74, 6) is -1.15. The minimum atomic E-state index is -3.79. The number of hydrogen-bond acceptors (Lipinski definition) is 3. The Hall–Kier alpha value is -2.34. The quantitative estimate of drug-likeness (QED) is 0.944. The van der Waals surface area contributed by atoms with Gasteiger partial charge in [0.2, 0.25) is 0 Å². The fraction of sp³-hybridized carbons (Fsp3) is 0.188. The number of carboxylic acid groups (broad SMARTS) is 1. The van der Waals surface area contributed by atoms with Crippen molar-refractivity contribution in [1.29, 1.82) is 0 Å². The standard InChI is InChI=1S/C16H15NO4S/c1-11-9-12-5-2-3-8-15(12)17(11)22(20,21)14-7-4-6-13(10-14)16(18)19/h2-8,10-11H,9H2,1H3,(H,18,19). The number of aromatic carboxylic acids is 1. The van der Waals surface area contributed by atoms with Gasteiger partial charge in [0.05, 0.1) is 16.1 Å². The fourth-order valence-corrected chi connectivity index (χ4v) is 4.55. The molecule has 0 saturated heterocycles. The van der Waals surface area contributed by atoms with E-state index in [-0.39, 0.29) is 16.5 Å². The molecule has 0 fully saturated rings. The van der Waals surface area contributed by atoms with Gasteiger partial charge in [-0.25, -0.2) is 13.2 Å². The second-order valence-corrected chi connectivity index (χ2v) is 7.13. The van der Waals surface area contributed by atoms with Crippen LogP contribution >= 0.6 is 0 Å². The zero-order chi connectivity index (χ0) is 15.9. The van der Waals surface area contributed by atoms with Gasteiger partial charge in [0.25, 0.3) is 10.0 Å². The van der Waals surface area contributed by atoms with E-state index in [0.29, 0.717) is 12.1 Å². The van der Waals surface area contributed by atoms with Crippen LogP contribution in [0.3, 0.4) is 0 Å². The first kappa shape index (κ1) is 14.6. The highest BCUT2D eigenvalue weighted by atomic mass is 32.2. The Labute approximate surface area is 128 Å². The van der Waals surface area contributed by atoms with Crippen molar-refractivity contribution < 1.29 is 18.3 Å². The predicted octanol–water partition coefficient (Wildman–Crippen LogP) is 2.52. The third kappa shape index (κ3) is 2.25. The van der Waals surface area contributed by atoms with Crippen molar-refractivity contribution in [2.75, 3.05) is 4.31 Å². The summed E-state index contributed by atoms with van der Waals surface area (Å²) in [6.45, 7) is 1.85. The number of fused-ring (bicyclic) bond motifs is 1. The molecule has 0 amide bonds. The van der Waals surface area contributed by atoms with Crippen LogP contribution < -0.4 is 4.31 Å². The topological polar surface area (TPSA) is 74.7 Å². The highest BCUT2D eigenvalue weighted by Gasteiger charge is 2.35. The lowest BCUT2D eigenvalue weighted by Gasteiger charge is -2.24. The van der Waals surface area contributed by atoms with Crippen molar-refractivity contribution in [1.82, 2.24) is 0 Å². The largest absolute Gasteiger partial charge is 0.478 e. The third-order valence-electron chi connectivity index (χ3n) is 3.78. The van der Waals surface area contributed by atoms with Crippen molar-refractivity contribution in [3.8, 4) is 0 Å². The van der Waals surface area contributed by atoms with E-state index in [0.717, 1.165) is 5.56 Å². The smallest absolute Gasteiger partial charge is 0.335 e. The zero-order valence-corrected chi connectivity index (χ0v) is 12.7. The summed E-state index contributed by atoms with van der Waals surface area (Å²) in [7, 11) is -3.79. The van der Waals surface area contributed by atoms with Gasteiger partial charge in [-0.3, -0.25) is 4.31 Å². The number of para-hydroxylation sites is 1. The molecular formula is C16H15NO4S. The van der Waals surface area contributed by atoms with E-state index < -0.39 is 16.0 Å². The van der Waals surface area contributed by atoms with Crippen molar-refractivity contribution in [2.24, 2.45) is 0 Å². The van der Waals surface area contributed by atoms with Crippen molar-refractivity contribution in [3.63, 3.8) is 0 Å². The Morgan fingerprint density at radius 1 is 1.18 bits per heavy atom. The molecule has 1 unspecified atom stereocenters. The molecule has 1 heterocycles. The summed E-state index contributed by atoms with van der Waals surface area (Å²) >= 11 is 0. The molecular weight excluding hydrogens is 302 g/mol. The molecule has 114 valence electrons. The number of carbonyl (C=O) groups is 1. The monoisotopic (exact) mass is 317 g/mol. The van der Waals surface area contributed by atoms with Crippen molar-refractivity contribution >= 4 is 21.7 Å². The van der Waals surface area contributed by atoms with Crippen LogP contribution in [0.15, 0.2) is 53.4 Å². The van der Waals surface area contributed by atoms with Gasteiger partial charge in [-0.05, 0) is 43.2 Å². The Morgan fingerprint density at radius 3 is 2.64 bits per heavy atom. The summed E-state index contributed by atoms with van der Waals surface area (Å²) in [4.78, 5) is 11.1. The average Bonchev–Trinajstić information content (AvgIpc) is 2.83. The summed E-state index contributed by atoms with van der Waals surface area (Å²) < 4.78 is 27.2. The summed E-state index contributed by atoms with van der Waals surface area (Å²) in [6.07, 6.45) is 0.647. The Kier molecular flexibility index (Phi) is 3.41. The summed E-state index contributed by atoms with van der Waals surface area (Å²) in [6, 6.07) is 12.6. The van der Waals surface area contributed by atoms with Gasteiger partial charge >= 0.3 is 5.97 Å². The molecule has 1 aliphatic rings. The Balaban J connectivity index is 2.11.